The number of aryl methyl sites for hydroxylation is 1. The van der Waals surface area contributed by atoms with Crippen molar-refractivity contribution in [2.45, 2.75) is 31.5 Å². The van der Waals surface area contributed by atoms with Crippen LogP contribution in [0, 0.1) is 0 Å². The van der Waals surface area contributed by atoms with Gasteiger partial charge in [0.15, 0.2) is 5.69 Å². The van der Waals surface area contributed by atoms with Crippen LogP contribution in [0.1, 0.15) is 35.9 Å². The highest BCUT2D eigenvalue weighted by Crippen LogP contribution is 2.36. The van der Waals surface area contributed by atoms with Crippen molar-refractivity contribution < 1.29 is 17.6 Å². The van der Waals surface area contributed by atoms with Gasteiger partial charge in [0.1, 0.15) is 5.15 Å². The molecule has 24 heavy (non-hydrogen) atoms. The van der Waals surface area contributed by atoms with Crippen molar-refractivity contribution in [1.29, 1.82) is 0 Å². The molecule has 3 rings (SSSR count). The molecule has 132 valence electrons. The number of aromatic amines is 1. The second-order valence-corrected chi connectivity index (χ2v) is 6.12. The molecule has 0 bridgehead atoms. The number of H-pyrrole nitrogens is 1. The van der Waals surface area contributed by atoms with Gasteiger partial charge in [0.25, 0.3) is 0 Å². The van der Waals surface area contributed by atoms with Gasteiger partial charge in [0.2, 0.25) is 5.89 Å². The smallest absolute Gasteiger partial charge is 0.392 e. The summed E-state index contributed by atoms with van der Waals surface area (Å²) in [6, 6.07) is 0. The van der Waals surface area contributed by atoms with E-state index in [1.165, 1.54) is 7.05 Å². The van der Waals surface area contributed by atoms with Gasteiger partial charge < -0.3 is 4.42 Å². The predicted molar refractivity (Wildman–Crippen MR) is 77.6 cm³/mol. The van der Waals surface area contributed by atoms with E-state index in [-0.39, 0.29) is 29.1 Å². The lowest BCUT2D eigenvalue weighted by atomic mass is 9.97. The van der Waals surface area contributed by atoms with Crippen LogP contribution >= 0.6 is 11.6 Å². The van der Waals surface area contributed by atoms with E-state index < -0.39 is 17.6 Å². The van der Waals surface area contributed by atoms with Gasteiger partial charge in [0, 0.05) is 25.7 Å². The molecule has 1 fully saturated rings. The highest BCUT2D eigenvalue weighted by molar-refractivity contribution is 6.30. The van der Waals surface area contributed by atoms with Gasteiger partial charge in [0.05, 0.1) is 5.92 Å². The molecule has 1 saturated heterocycles. The molecule has 1 aliphatic heterocycles. The van der Waals surface area contributed by atoms with E-state index in [0.29, 0.717) is 13.1 Å². The maximum Gasteiger partial charge on any atom is 0.435 e. The second kappa shape index (κ2) is 6.25. The normalized spacial score (nSPS) is 19.8. The van der Waals surface area contributed by atoms with Gasteiger partial charge >= 0.3 is 11.9 Å². The summed E-state index contributed by atoms with van der Waals surface area (Å²) in [5, 5.41) is 9.46. The van der Waals surface area contributed by atoms with Crippen molar-refractivity contribution in [1.82, 2.24) is 24.9 Å². The number of likely N-dealkylation sites (tertiary alicyclic amines) is 1. The molecule has 1 unspecified atom stereocenters. The Morgan fingerprint density at radius 2 is 2.21 bits per heavy atom. The molecular formula is C13H15ClF3N5O2. The Balaban J connectivity index is 1.80. The van der Waals surface area contributed by atoms with Crippen LogP contribution in [0.3, 0.4) is 0 Å². The Morgan fingerprint density at radius 1 is 1.46 bits per heavy atom. The van der Waals surface area contributed by atoms with E-state index in [2.05, 4.69) is 15.3 Å². The zero-order valence-electron chi connectivity index (χ0n) is 12.7. The van der Waals surface area contributed by atoms with Gasteiger partial charge in [-0.3, -0.25) is 9.58 Å². The van der Waals surface area contributed by atoms with E-state index in [0.717, 1.165) is 17.5 Å². The fourth-order valence-electron chi connectivity index (χ4n) is 2.96. The molecule has 0 saturated carbocycles. The summed E-state index contributed by atoms with van der Waals surface area (Å²) >= 11 is 5.99. The maximum atomic E-state index is 13.1. The molecule has 3 heterocycles. The fraction of sp³-hybridized carbons (Fsp3) is 0.615. The van der Waals surface area contributed by atoms with Crippen molar-refractivity contribution >= 4 is 11.6 Å². The lowest BCUT2D eigenvalue weighted by Gasteiger charge is -2.31. The zero-order chi connectivity index (χ0) is 17.5. The molecular weight excluding hydrogens is 351 g/mol. The van der Waals surface area contributed by atoms with Crippen LogP contribution in [0.25, 0.3) is 0 Å². The zero-order valence-corrected chi connectivity index (χ0v) is 13.5. The number of aromatic nitrogens is 4. The first kappa shape index (κ1) is 17.0. The molecule has 1 N–H and O–H groups in total. The third-order valence-corrected chi connectivity index (χ3v) is 4.50. The van der Waals surface area contributed by atoms with Crippen LogP contribution in [0.4, 0.5) is 13.2 Å². The molecule has 0 radical (unpaired) electrons. The molecule has 1 aliphatic rings. The number of nitrogens with zero attached hydrogens (tertiary/aromatic N) is 4. The summed E-state index contributed by atoms with van der Waals surface area (Å²) in [4.78, 5) is 12.9. The first-order valence-corrected chi connectivity index (χ1v) is 7.70. The van der Waals surface area contributed by atoms with Crippen LogP contribution < -0.4 is 5.76 Å². The molecule has 2 aromatic rings. The van der Waals surface area contributed by atoms with Crippen molar-refractivity contribution in [2.75, 3.05) is 13.1 Å². The largest absolute Gasteiger partial charge is 0.435 e. The lowest BCUT2D eigenvalue weighted by Crippen LogP contribution is -2.34. The topological polar surface area (TPSA) is 80.0 Å². The first-order valence-electron chi connectivity index (χ1n) is 7.32. The quantitative estimate of drug-likeness (QED) is 0.901. The number of hydrogen-bond donors (Lipinski definition) is 1. The van der Waals surface area contributed by atoms with Crippen LogP contribution in [-0.2, 0) is 19.8 Å². The minimum Gasteiger partial charge on any atom is -0.392 e. The van der Waals surface area contributed by atoms with E-state index >= 15 is 0 Å². The van der Waals surface area contributed by atoms with E-state index in [4.69, 9.17) is 16.0 Å². The van der Waals surface area contributed by atoms with Crippen LogP contribution in [0.2, 0.25) is 5.15 Å². The third-order valence-electron chi connectivity index (χ3n) is 4.03. The third kappa shape index (κ3) is 3.34. The molecule has 11 heteroatoms. The average Bonchev–Trinajstić information content (AvgIpc) is 3.06. The van der Waals surface area contributed by atoms with Gasteiger partial charge in [-0.2, -0.15) is 18.3 Å². The average molecular weight is 366 g/mol. The molecule has 1 atom stereocenters. The molecule has 0 aromatic carbocycles. The second-order valence-electron chi connectivity index (χ2n) is 5.76. The Labute approximate surface area is 139 Å². The van der Waals surface area contributed by atoms with E-state index in [9.17, 15) is 18.0 Å². The number of nitrogens with one attached hydrogen (secondary N) is 1. The summed E-state index contributed by atoms with van der Waals surface area (Å²) < 4.78 is 45.3. The van der Waals surface area contributed by atoms with Gasteiger partial charge in [-0.05, 0) is 19.4 Å². The van der Waals surface area contributed by atoms with Gasteiger partial charge in [-0.25, -0.2) is 9.89 Å². The molecule has 0 aliphatic carbocycles. The van der Waals surface area contributed by atoms with Crippen LogP contribution in [-0.4, -0.2) is 38.0 Å². The summed E-state index contributed by atoms with van der Waals surface area (Å²) in [6.07, 6.45) is -3.07. The van der Waals surface area contributed by atoms with E-state index in [1.54, 1.807) is 0 Å². The molecule has 0 spiro atoms. The summed E-state index contributed by atoms with van der Waals surface area (Å²) in [5.74, 6) is -0.516. The summed E-state index contributed by atoms with van der Waals surface area (Å²) in [5.41, 5.74) is -1.01. The van der Waals surface area contributed by atoms with Crippen molar-refractivity contribution in [2.24, 2.45) is 7.05 Å². The van der Waals surface area contributed by atoms with Crippen LogP contribution in [0.5, 0.6) is 0 Å². The first-order chi connectivity index (χ1) is 11.3. The standard InChI is InChI=1S/C13H15ClF3N5O2/c1-21-10(14)8(9(20-21)13(15,16)17)6-22-4-2-3-7(5-22)11-18-19-12(23)24-11/h7H,2-6H2,1H3,(H,19,23). The monoisotopic (exact) mass is 365 g/mol. The Hall–Kier alpha value is -1.81. The number of rotatable bonds is 3. The number of hydrogen-bond acceptors (Lipinski definition) is 5. The summed E-state index contributed by atoms with van der Waals surface area (Å²) in [6.45, 7) is 1.07. The Kier molecular flexibility index (Phi) is 4.43. The predicted octanol–water partition coefficient (Wildman–Crippen LogP) is 2.15. The Morgan fingerprint density at radius 3 is 2.83 bits per heavy atom. The highest BCUT2D eigenvalue weighted by Gasteiger charge is 2.39. The number of piperidine rings is 1. The number of alkyl halides is 3. The molecule has 2 aromatic heterocycles. The minimum absolute atomic E-state index is 0.0205. The fourth-order valence-corrected chi connectivity index (χ4v) is 3.14. The van der Waals surface area contributed by atoms with Crippen molar-refractivity contribution in [3.63, 3.8) is 0 Å². The Bertz CT molecular complexity index is 781. The lowest BCUT2D eigenvalue weighted by molar-refractivity contribution is -0.142. The highest BCUT2D eigenvalue weighted by atomic mass is 35.5. The molecule has 7 nitrogen and oxygen atoms in total. The van der Waals surface area contributed by atoms with E-state index in [1.807, 2.05) is 4.90 Å². The van der Waals surface area contributed by atoms with Crippen molar-refractivity contribution in [3.8, 4) is 0 Å². The SMILES string of the molecule is Cn1nc(C(F)(F)F)c(CN2CCCC(c3n[nH]c(=O)o3)C2)c1Cl. The minimum atomic E-state index is -4.57. The van der Waals surface area contributed by atoms with Gasteiger partial charge in [-0.1, -0.05) is 11.6 Å². The molecule has 0 amide bonds. The number of halogens is 4. The van der Waals surface area contributed by atoms with Gasteiger partial charge in [-0.15, -0.1) is 5.10 Å². The summed E-state index contributed by atoms with van der Waals surface area (Å²) in [7, 11) is 1.37. The van der Waals surface area contributed by atoms with Crippen LogP contribution in [0.15, 0.2) is 9.21 Å². The maximum absolute atomic E-state index is 13.1. The van der Waals surface area contributed by atoms with Crippen molar-refractivity contribution in [3.05, 3.63) is 32.9 Å².